The van der Waals surface area contributed by atoms with Gasteiger partial charge < -0.3 is 4.90 Å². The van der Waals surface area contributed by atoms with Crippen LogP contribution >= 0.6 is 11.6 Å². The molecule has 4 nitrogen and oxygen atoms in total. The van der Waals surface area contributed by atoms with Crippen LogP contribution < -0.4 is 0 Å². The summed E-state index contributed by atoms with van der Waals surface area (Å²) in [5, 5.41) is 0.512. The van der Waals surface area contributed by atoms with Gasteiger partial charge in [0.15, 0.2) is 0 Å². The van der Waals surface area contributed by atoms with Crippen molar-refractivity contribution < 1.29 is 14.0 Å². The van der Waals surface area contributed by atoms with E-state index in [1.54, 1.807) is 30.3 Å². The summed E-state index contributed by atoms with van der Waals surface area (Å²) in [5.41, 5.74) is 2.04. The van der Waals surface area contributed by atoms with E-state index in [0.29, 0.717) is 27.4 Å². The maximum Gasteiger partial charge on any atom is 0.278 e. The molecule has 1 fully saturated rings. The van der Waals surface area contributed by atoms with Crippen molar-refractivity contribution in [1.82, 2.24) is 9.80 Å². The van der Waals surface area contributed by atoms with Crippen molar-refractivity contribution in [3.05, 3.63) is 76.2 Å². The van der Waals surface area contributed by atoms with Crippen LogP contribution in [0, 0.1) is 5.82 Å². The average Bonchev–Trinajstić information content (AvgIpc) is 2.95. The molecule has 0 radical (unpaired) electrons. The summed E-state index contributed by atoms with van der Waals surface area (Å²) in [6.45, 7) is 1.58. The summed E-state index contributed by atoms with van der Waals surface area (Å²) in [5.74, 6) is -1.06. The zero-order valence-corrected chi connectivity index (χ0v) is 16.1. The molecule has 2 heterocycles. The van der Waals surface area contributed by atoms with Crippen molar-refractivity contribution >= 4 is 29.0 Å². The number of halogens is 2. The van der Waals surface area contributed by atoms with Gasteiger partial charge in [-0.3, -0.25) is 14.5 Å². The second-order valence-electron chi connectivity index (χ2n) is 7.07. The van der Waals surface area contributed by atoms with Crippen LogP contribution in [0.25, 0.3) is 5.57 Å². The highest BCUT2D eigenvalue weighted by Crippen LogP contribution is 2.34. The maximum atomic E-state index is 13.4. The van der Waals surface area contributed by atoms with Crippen LogP contribution in [0.5, 0.6) is 0 Å². The molecule has 0 saturated carbocycles. The molecule has 144 valence electrons. The van der Waals surface area contributed by atoms with E-state index in [-0.39, 0.29) is 24.2 Å². The smallest absolute Gasteiger partial charge is 0.278 e. The predicted octanol–water partition coefficient (Wildman–Crippen LogP) is 4.25. The van der Waals surface area contributed by atoms with Gasteiger partial charge in [0.25, 0.3) is 11.8 Å². The summed E-state index contributed by atoms with van der Waals surface area (Å²) < 4.78 is 13.4. The summed E-state index contributed by atoms with van der Waals surface area (Å²) in [6, 6.07) is 12.9. The van der Waals surface area contributed by atoms with E-state index in [4.69, 9.17) is 11.6 Å². The van der Waals surface area contributed by atoms with Crippen molar-refractivity contribution in [3.63, 3.8) is 0 Å². The number of hydrogen-bond acceptors (Lipinski definition) is 3. The van der Waals surface area contributed by atoms with Crippen LogP contribution in [0.4, 0.5) is 4.39 Å². The van der Waals surface area contributed by atoms with Gasteiger partial charge in [0, 0.05) is 18.1 Å². The molecular formula is C22H20ClFN2O2. The molecule has 2 aromatic rings. The van der Waals surface area contributed by atoms with Gasteiger partial charge in [0.05, 0.1) is 12.1 Å². The molecule has 0 aromatic heterocycles. The van der Waals surface area contributed by atoms with Crippen LogP contribution in [0.1, 0.15) is 30.4 Å². The second kappa shape index (κ2) is 7.76. The third kappa shape index (κ3) is 3.42. The van der Waals surface area contributed by atoms with Crippen molar-refractivity contribution in [2.45, 2.75) is 25.8 Å². The minimum absolute atomic E-state index is 0.110. The number of amides is 2. The lowest BCUT2D eigenvalue weighted by atomic mass is 10.0. The Bertz CT molecular complexity index is 949. The maximum absolute atomic E-state index is 13.4. The largest absolute Gasteiger partial charge is 0.366 e. The standard InChI is InChI=1S/C22H20ClFN2O2/c23-18-7-3-2-6-16(18)14-26-21(27)19(15-8-10-17(24)11-9-15)20(22(26)28)25-12-4-1-5-13-25/h2-3,6-11H,1,4-5,12-14H2. The number of likely N-dealkylation sites (tertiary alicyclic amines) is 1. The highest BCUT2D eigenvalue weighted by Gasteiger charge is 2.41. The molecule has 6 heteroatoms. The zero-order chi connectivity index (χ0) is 19.7. The van der Waals surface area contributed by atoms with Gasteiger partial charge in [-0.2, -0.15) is 0 Å². The zero-order valence-electron chi connectivity index (χ0n) is 15.3. The summed E-state index contributed by atoms with van der Waals surface area (Å²) >= 11 is 6.24. The fourth-order valence-electron chi connectivity index (χ4n) is 3.79. The van der Waals surface area contributed by atoms with E-state index in [2.05, 4.69) is 0 Å². The molecule has 2 aromatic carbocycles. The molecule has 0 N–H and O–H groups in total. The Morgan fingerprint density at radius 2 is 1.57 bits per heavy atom. The molecule has 1 saturated heterocycles. The summed E-state index contributed by atoms with van der Waals surface area (Å²) in [7, 11) is 0. The van der Waals surface area contributed by atoms with Crippen molar-refractivity contribution in [2.24, 2.45) is 0 Å². The Morgan fingerprint density at radius 1 is 0.893 bits per heavy atom. The molecule has 4 rings (SSSR count). The van der Waals surface area contributed by atoms with Gasteiger partial charge in [-0.05, 0) is 48.6 Å². The van der Waals surface area contributed by atoms with Gasteiger partial charge in [0.1, 0.15) is 11.5 Å². The molecule has 2 amide bonds. The van der Waals surface area contributed by atoms with Gasteiger partial charge in [0.2, 0.25) is 0 Å². The van der Waals surface area contributed by atoms with E-state index >= 15 is 0 Å². The monoisotopic (exact) mass is 398 g/mol. The Labute approximate surface area is 168 Å². The van der Waals surface area contributed by atoms with Crippen molar-refractivity contribution in [1.29, 1.82) is 0 Å². The first-order chi connectivity index (χ1) is 13.6. The van der Waals surface area contributed by atoms with Gasteiger partial charge in [-0.1, -0.05) is 41.9 Å². The second-order valence-corrected chi connectivity index (χ2v) is 7.47. The molecule has 2 aliphatic heterocycles. The van der Waals surface area contributed by atoms with E-state index in [9.17, 15) is 14.0 Å². The first-order valence-electron chi connectivity index (χ1n) is 9.41. The Morgan fingerprint density at radius 3 is 2.25 bits per heavy atom. The minimum Gasteiger partial charge on any atom is -0.366 e. The topological polar surface area (TPSA) is 40.6 Å². The van der Waals surface area contributed by atoms with Gasteiger partial charge in [-0.15, -0.1) is 0 Å². The third-order valence-electron chi connectivity index (χ3n) is 5.24. The molecule has 0 atom stereocenters. The first-order valence-corrected chi connectivity index (χ1v) is 9.79. The Hall–Kier alpha value is -2.66. The fraction of sp³-hybridized carbons (Fsp3) is 0.273. The molecule has 0 unspecified atom stereocenters. The van der Waals surface area contributed by atoms with Gasteiger partial charge in [-0.25, -0.2) is 4.39 Å². The van der Waals surface area contributed by atoms with Crippen LogP contribution in [0.2, 0.25) is 5.02 Å². The number of carbonyl (C=O) groups excluding carboxylic acids is 2. The van der Waals surface area contributed by atoms with E-state index in [0.717, 1.165) is 32.4 Å². The van der Waals surface area contributed by atoms with Gasteiger partial charge >= 0.3 is 0 Å². The number of carbonyl (C=O) groups is 2. The first kappa shape index (κ1) is 18.7. The number of piperidine rings is 1. The van der Waals surface area contributed by atoms with Crippen LogP contribution in [0.3, 0.4) is 0 Å². The fourth-order valence-corrected chi connectivity index (χ4v) is 3.99. The van der Waals surface area contributed by atoms with Crippen LogP contribution in [-0.4, -0.2) is 34.7 Å². The molecule has 0 bridgehead atoms. The number of benzene rings is 2. The van der Waals surface area contributed by atoms with E-state index < -0.39 is 0 Å². The van der Waals surface area contributed by atoms with Crippen molar-refractivity contribution in [3.8, 4) is 0 Å². The predicted molar refractivity (Wildman–Crippen MR) is 106 cm³/mol. The highest BCUT2D eigenvalue weighted by molar-refractivity contribution is 6.35. The molecule has 0 spiro atoms. The Balaban J connectivity index is 1.74. The lowest BCUT2D eigenvalue weighted by molar-refractivity contribution is -0.138. The Kier molecular flexibility index (Phi) is 5.18. The van der Waals surface area contributed by atoms with Crippen LogP contribution in [-0.2, 0) is 16.1 Å². The van der Waals surface area contributed by atoms with E-state index in [1.165, 1.54) is 17.0 Å². The third-order valence-corrected chi connectivity index (χ3v) is 5.60. The average molecular weight is 399 g/mol. The minimum atomic E-state index is -0.381. The van der Waals surface area contributed by atoms with Crippen molar-refractivity contribution in [2.75, 3.05) is 13.1 Å². The summed E-state index contributed by atoms with van der Waals surface area (Å²) in [4.78, 5) is 29.8. The van der Waals surface area contributed by atoms with Crippen LogP contribution in [0.15, 0.2) is 54.2 Å². The summed E-state index contributed by atoms with van der Waals surface area (Å²) in [6.07, 6.45) is 3.07. The lowest BCUT2D eigenvalue weighted by Crippen LogP contribution is -2.36. The molecule has 28 heavy (non-hydrogen) atoms. The lowest BCUT2D eigenvalue weighted by Gasteiger charge is -2.29. The molecule has 2 aliphatic rings. The number of hydrogen-bond donors (Lipinski definition) is 0. The number of imide groups is 1. The SMILES string of the molecule is O=C1C(c2ccc(F)cc2)=C(N2CCCCC2)C(=O)N1Cc1ccccc1Cl. The van der Waals surface area contributed by atoms with E-state index in [1.807, 2.05) is 11.0 Å². The molecule has 0 aliphatic carbocycles. The highest BCUT2D eigenvalue weighted by atomic mass is 35.5. The number of nitrogens with zero attached hydrogens (tertiary/aromatic N) is 2. The molecular weight excluding hydrogens is 379 g/mol. The number of rotatable bonds is 4. The normalized spacial score (nSPS) is 17.6. The quantitative estimate of drug-likeness (QED) is 0.723.